The van der Waals surface area contributed by atoms with Crippen molar-refractivity contribution in [1.29, 1.82) is 0 Å². The standard InChI is InChI=1S/C16H22N2O6S/c1-10(2)6-12(16(20)21)17-15(19)9-25-8-11-4-5-14(24-3)13(7-11)18(22)23/h4-5,7,10,12H,6,8-9H2,1-3H3,(H,17,19)(H,20,21)/t12-/m0/s1. The smallest absolute Gasteiger partial charge is 0.326 e. The highest BCUT2D eigenvalue weighted by Crippen LogP contribution is 2.28. The van der Waals surface area contributed by atoms with Crippen LogP contribution in [-0.2, 0) is 15.3 Å². The van der Waals surface area contributed by atoms with Crippen LogP contribution < -0.4 is 10.1 Å². The molecule has 138 valence electrons. The predicted octanol–water partition coefficient (Wildman–Crippen LogP) is 2.45. The van der Waals surface area contributed by atoms with E-state index in [1.165, 1.54) is 31.0 Å². The average Bonchev–Trinajstić information content (AvgIpc) is 2.53. The number of carbonyl (C=O) groups is 2. The molecule has 0 heterocycles. The first kappa shape index (κ1) is 20.8. The molecule has 0 aliphatic carbocycles. The predicted molar refractivity (Wildman–Crippen MR) is 94.8 cm³/mol. The molecule has 0 unspecified atom stereocenters. The van der Waals surface area contributed by atoms with Gasteiger partial charge in [0.2, 0.25) is 5.91 Å². The van der Waals surface area contributed by atoms with Crippen LogP contribution in [0.4, 0.5) is 5.69 Å². The molecule has 0 saturated carbocycles. The Morgan fingerprint density at radius 1 is 1.40 bits per heavy atom. The number of nitrogens with zero attached hydrogens (tertiary/aromatic N) is 1. The highest BCUT2D eigenvalue weighted by Gasteiger charge is 2.21. The number of hydrogen-bond acceptors (Lipinski definition) is 6. The zero-order chi connectivity index (χ0) is 19.0. The summed E-state index contributed by atoms with van der Waals surface area (Å²) in [7, 11) is 1.36. The number of nitrogens with one attached hydrogen (secondary N) is 1. The fourth-order valence-corrected chi connectivity index (χ4v) is 2.94. The number of aliphatic carboxylic acids is 1. The van der Waals surface area contributed by atoms with E-state index in [1.807, 2.05) is 13.8 Å². The van der Waals surface area contributed by atoms with Crippen LogP contribution in [0.1, 0.15) is 25.8 Å². The number of nitro benzene ring substituents is 1. The molecule has 1 amide bonds. The van der Waals surface area contributed by atoms with E-state index in [4.69, 9.17) is 9.84 Å². The average molecular weight is 370 g/mol. The molecule has 1 aromatic carbocycles. The lowest BCUT2D eigenvalue weighted by atomic mass is 10.0. The van der Waals surface area contributed by atoms with Crippen LogP contribution in [-0.4, -0.2) is 40.8 Å². The first-order valence-corrected chi connectivity index (χ1v) is 8.81. The molecule has 0 fully saturated rings. The molecule has 1 rings (SSSR count). The SMILES string of the molecule is COc1ccc(CSCC(=O)N[C@@H](CC(C)C)C(=O)O)cc1[N+](=O)[O-]. The zero-order valence-electron chi connectivity index (χ0n) is 14.4. The topological polar surface area (TPSA) is 119 Å². The highest BCUT2D eigenvalue weighted by molar-refractivity contribution is 7.99. The Labute approximate surface area is 150 Å². The number of benzene rings is 1. The van der Waals surface area contributed by atoms with Gasteiger partial charge in [-0.1, -0.05) is 19.9 Å². The third-order valence-electron chi connectivity index (χ3n) is 3.28. The number of hydrogen-bond donors (Lipinski definition) is 2. The summed E-state index contributed by atoms with van der Waals surface area (Å²) in [5.41, 5.74) is 0.551. The molecular formula is C16H22N2O6S. The lowest BCUT2D eigenvalue weighted by Crippen LogP contribution is -2.42. The number of carboxylic acid groups (broad SMARTS) is 1. The van der Waals surface area contributed by atoms with Gasteiger partial charge in [0.1, 0.15) is 6.04 Å². The normalized spacial score (nSPS) is 11.8. The van der Waals surface area contributed by atoms with E-state index >= 15 is 0 Å². The minimum absolute atomic E-state index is 0.0711. The summed E-state index contributed by atoms with van der Waals surface area (Å²) in [5, 5.41) is 22.6. The van der Waals surface area contributed by atoms with Gasteiger partial charge in [0.25, 0.3) is 0 Å². The first-order chi connectivity index (χ1) is 11.7. The number of nitro groups is 1. The summed E-state index contributed by atoms with van der Waals surface area (Å²) in [6, 6.07) is 3.70. The number of amides is 1. The second-order valence-electron chi connectivity index (χ2n) is 5.84. The molecule has 1 atom stereocenters. The molecule has 0 radical (unpaired) electrons. The Kier molecular flexibility index (Phi) is 8.20. The molecule has 0 aromatic heterocycles. The minimum atomic E-state index is -1.06. The van der Waals surface area contributed by atoms with Gasteiger partial charge in [-0.25, -0.2) is 4.79 Å². The van der Waals surface area contributed by atoms with Crippen LogP contribution in [0.2, 0.25) is 0 Å². The quantitative estimate of drug-likeness (QED) is 0.479. The van der Waals surface area contributed by atoms with Gasteiger partial charge in [-0.2, -0.15) is 0 Å². The van der Waals surface area contributed by atoms with Crippen molar-refractivity contribution < 1.29 is 24.4 Å². The van der Waals surface area contributed by atoms with Crippen molar-refractivity contribution in [2.45, 2.75) is 32.1 Å². The third-order valence-corrected chi connectivity index (χ3v) is 4.29. The van der Waals surface area contributed by atoms with Crippen molar-refractivity contribution in [3.8, 4) is 5.75 Å². The molecule has 2 N–H and O–H groups in total. The van der Waals surface area contributed by atoms with Gasteiger partial charge < -0.3 is 15.2 Å². The number of methoxy groups -OCH3 is 1. The maximum atomic E-state index is 11.9. The van der Waals surface area contributed by atoms with Gasteiger partial charge >= 0.3 is 11.7 Å². The fourth-order valence-electron chi connectivity index (χ4n) is 2.16. The van der Waals surface area contributed by atoms with Gasteiger partial charge in [-0.05, 0) is 24.0 Å². The number of ether oxygens (including phenoxy) is 1. The molecule has 0 bridgehead atoms. The van der Waals surface area contributed by atoms with E-state index in [2.05, 4.69) is 5.32 Å². The van der Waals surface area contributed by atoms with Crippen molar-refractivity contribution in [2.75, 3.05) is 12.9 Å². The molecular weight excluding hydrogens is 348 g/mol. The molecule has 0 spiro atoms. The Hall–Kier alpha value is -2.29. The maximum Gasteiger partial charge on any atom is 0.326 e. The molecule has 0 aliphatic heterocycles. The molecule has 0 saturated heterocycles. The van der Waals surface area contributed by atoms with Gasteiger partial charge in [-0.15, -0.1) is 11.8 Å². The zero-order valence-corrected chi connectivity index (χ0v) is 15.2. The first-order valence-electron chi connectivity index (χ1n) is 7.65. The van der Waals surface area contributed by atoms with Crippen molar-refractivity contribution in [3.05, 3.63) is 33.9 Å². The van der Waals surface area contributed by atoms with E-state index in [1.54, 1.807) is 6.07 Å². The van der Waals surface area contributed by atoms with Gasteiger partial charge in [-0.3, -0.25) is 14.9 Å². The number of thioether (sulfide) groups is 1. The Morgan fingerprint density at radius 2 is 2.08 bits per heavy atom. The summed E-state index contributed by atoms with van der Waals surface area (Å²) < 4.78 is 4.93. The molecule has 25 heavy (non-hydrogen) atoms. The molecule has 9 heteroatoms. The van der Waals surface area contributed by atoms with E-state index in [0.717, 1.165) is 0 Å². The Bertz CT molecular complexity index is 635. The summed E-state index contributed by atoms with van der Waals surface area (Å²) in [6.45, 7) is 3.76. The van der Waals surface area contributed by atoms with Crippen LogP contribution >= 0.6 is 11.8 Å². The van der Waals surface area contributed by atoms with Crippen LogP contribution in [0.3, 0.4) is 0 Å². The largest absolute Gasteiger partial charge is 0.490 e. The molecule has 0 aliphatic rings. The van der Waals surface area contributed by atoms with Crippen molar-refractivity contribution in [1.82, 2.24) is 5.32 Å². The lowest BCUT2D eigenvalue weighted by Gasteiger charge is -2.16. The van der Waals surface area contributed by atoms with Crippen LogP contribution in [0.5, 0.6) is 5.75 Å². The van der Waals surface area contributed by atoms with E-state index in [-0.39, 0.29) is 29.0 Å². The third kappa shape index (κ3) is 7.00. The van der Waals surface area contributed by atoms with E-state index in [9.17, 15) is 19.7 Å². The fraction of sp³-hybridized carbons (Fsp3) is 0.500. The van der Waals surface area contributed by atoms with E-state index in [0.29, 0.717) is 17.7 Å². The van der Waals surface area contributed by atoms with E-state index < -0.39 is 16.9 Å². The van der Waals surface area contributed by atoms with Gasteiger partial charge in [0, 0.05) is 11.8 Å². The summed E-state index contributed by atoms with van der Waals surface area (Å²) >= 11 is 1.25. The Balaban J connectivity index is 2.56. The summed E-state index contributed by atoms with van der Waals surface area (Å²) in [5.74, 6) is -0.649. The second kappa shape index (κ2) is 9.87. The highest BCUT2D eigenvalue weighted by atomic mass is 32.2. The minimum Gasteiger partial charge on any atom is -0.490 e. The molecule has 8 nitrogen and oxygen atoms in total. The Morgan fingerprint density at radius 3 is 2.60 bits per heavy atom. The second-order valence-corrected chi connectivity index (χ2v) is 6.83. The number of rotatable bonds is 10. The van der Waals surface area contributed by atoms with Crippen LogP contribution in [0.15, 0.2) is 18.2 Å². The van der Waals surface area contributed by atoms with Crippen LogP contribution in [0.25, 0.3) is 0 Å². The summed E-state index contributed by atoms with van der Waals surface area (Å²) in [6.07, 6.45) is 0.358. The summed E-state index contributed by atoms with van der Waals surface area (Å²) in [4.78, 5) is 33.5. The van der Waals surface area contributed by atoms with Crippen LogP contribution in [0, 0.1) is 16.0 Å². The van der Waals surface area contributed by atoms with Crippen molar-refractivity contribution in [2.24, 2.45) is 5.92 Å². The lowest BCUT2D eigenvalue weighted by molar-refractivity contribution is -0.385. The van der Waals surface area contributed by atoms with Crippen molar-refractivity contribution >= 4 is 29.3 Å². The number of carbonyl (C=O) groups excluding carboxylic acids is 1. The number of carboxylic acids is 1. The van der Waals surface area contributed by atoms with Gasteiger partial charge in [0.15, 0.2) is 5.75 Å². The monoisotopic (exact) mass is 370 g/mol. The van der Waals surface area contributed by atoms with Crippen molar-refractivity contribution in [3.63, 3.8) is 0 Å². The molecule has 1 aromatic rings. The maximum absolute atomic E-state index is 11.9. The van der Waals surface area contributed by atoms with Gasteiger partial charge in [0.05, 0.1) is 17.8 Å².